The molecule has 3 rings (SSSR count). The van der Waals surface area contributed by atoms with E-state index in [-0.39, 0.29) is 12.4 Å². The molecule has 0 radical (unpaired) electrons. The minimum Gasteiger partial charge on any atom is -0.488 e. The van der Waals surface area contributed by atoms with Gasteiger partial charge in [-0.2, -0.15) is 0 Å². The summed E-state index contributed by atoms with van der Waals surface area (Å²) in [4.78, 5) is 0. The van der Waals surface area contributed by atoms with Gasteiger partial charge in [0, 0.05) is 29.2 Å². The number of ether oxygens (including phenoxy) is 1. The number of aryl methyl sites for hydroxylation is 1. The second kappa shape index (κ2) is 7.39. The molecule has 0 atom stereocenters. The van der Waals surface area contributed by atoms with Crippen LogP contribution in [0, 0.1) is 5.82 Å². The van der Waals surface area contributed by atoms with Crippen LogP contribution >= 0.6 is 15.9 Å². The summed E-state index contributed by atoms with van der Waals surface area (Å²) in [7, 11) is 1.75. The highest BCUT2D eigenvalue weighted by Gasteiger charge is 2.09. The summed E-state index contributed by atoms with van der Waals surface area (Å²) in [5, 5.41) is 14.4. The molecule has 1 heterocycles. The SMILES string of the molecule is Cn1nnnc1NCc1cc(Br)ccc1OCc1ccccc1F. The number of halogens is 2. The first-order chi connectivity index (χ1) is 11.6. The van der Waals surface area contributed by atoms with Crippen LogP contribution in [0.1, 0.15) is 11.1 Å². The van der Waals surface area contributed by atoms with Crippen molar-refractivity contribution in [1.82, 2.24) is 20.2 Å². The lowest BCUT2D eigenvalue weighted by atomic mass is 10.2. The third-order valence-corrected chi connectivity index (χ3v) is 3.91. The smallest absolute Gasteiger partial charge is 0.242 e. The standard InChI is InChI=1S/C16H15BrFN5O/c1-23-16(20-21-22-23)19-9-12-8-13(17)6-7-15(12)24-10-11-4-2-3-5-14(11)18/h2-8H,9-10H2,1H3,(H,19,20,22). The highest BCUT2D eigenvalue weighted by Crippen LogP contribution is 2.25. The third kappa shape index (κ3) is 3.88. The van der Waals surface area contributed by atoms with Gasteiger partial charge in [-0.25, -0.2) is 9.07 Å². The number of tetrazole rings is 1. The molecule has 0 aliphatic rings. The van der Waals surface area contributed by atoms with Gasteiger partial charge in [-0.05, 0) is 34.7 Å². The molecule has 3 aromatic rings. The maximum Gasteiger partial charge on any atom is 0.242 e. The van der Waals surface area contributed by atoms with Crippen molar-refractivity contribution in [3.63, 3.8) is 0 Å². The molecule has 0 spiro atoms. The van der Waals surface area contributed by atoms with Crippen molar-refractivity contribution in [2.45, 2.75) is 13.2 Å². The van der Waals surface area contributed by atoms with Gasteiger partial charge in [0.05, 0.1) is 0 Å². The predicted octanol–water partition coefficient (Wildman–Crippen LogP) is 3.30. The molecule has 0 amide bonds. The van der Waals surface area contributed by atoms with Crippen LogP contribution in [0.5, 0.6) is 5.75 Å². The maximum atomic E-state index is 13.7. The Hall–Kier alpha value is -2.48. The van der Waals surface area contributed by atoms with Crippen molar-refractivity contribution in [3.05, 3.63) is 63.9 Å². The Morgan fingerprint density at radius 1 is 1.21 bits per heavy atom. The van der Waals surface area contributed by atoms with E-state index in [4.69, 9.17) is 4.74 Å². The predicted molar refractivity (Wildman–Crippen MR) is 91.0 cm³/mol. The molecule has 124 valence electrons. The molecule has 1 aromatic heterocycles. The number of benzene rings is 2. The van der Waals surface area contributed by atoms with E-state index < -0.39 is 0 Å². The molecular weight excluding hydrogens is 377 g/mol. The van der Waals surface area contributed by atoms with Crippen molar-refractivity contribution in [2.75, 3.05) is 5.32 Å². The van der Waals surface area contributed by atoms with Crippen molar-refractivity contribution in [2.24, 2.45) is 7.05 Å². The third-order valence-electron chi connectivity index (χ3n) is 3.42. The van der Waals surface area contributed by atoms with Crippen molar-refractivity contribution < 1.29 is 9.13 Å². The lowest BCUT2D eigenvalue weighted by Gasteiger charge is -2.13. The van der Waals surface area contributed by atoms with Crippen molar-refractivity contribution >= 4 is 21.9 Å². The summed E-state index contributed by atoms with van der Waals surface area (Å²) in [6.07, 6.45) is 0. The van der Waals surface area contributed by atoms with E-state index in [0.29, 0.717) is 23.8 Å². The summed E-state index contributed by atoms with van der Waals surface area (Å²) >= 11 is 3.45. The monoisotopic (exact) mass is 391 g/mol. The van der Waals surface area contributed by atoms with Gasteiger partial charge in [-0.3, -0.25) is 0 Å². The molecular formula is C16H15BrFN5O. The highest BCUT2D eigenvalue weighted by atomic mass is 79.9. The van der Waals surface area contributed by atoms with Gasteiger partial charge in [0.1, 0.15) is 18.2 Å². The number of nitrogens with zero attached hydrogens (tertiary/aromatic N) is 4. The van der Waals surface area contributed by atoms with E-state index in [1.807, 2.05) is 18.2 Å². The number of nitrogens with one attached hydrogen (secondary N) is 1. The topological polar surface area (TPSA) is 64.9 Å². The van der Waals surface area contributed by atoms with Crippen LogP contribution in [0.25, 0.3) is 0 Å². The van der Waals surface area contributed by atoms with E-state index in [1.165, 1.54) is 10.7 Å². The average Bonchev–Trinajstić information content (AvgIpc) is 2.98. The highest BCUT2D eigenvalue weighted by molar-refractivity contribution is 9.10. The Labute approximate surface area is 146 Å². The number of hydrogen-bond donors (Lipinski definition) is 1. The normalized spacial score (nSPS) is 10.6. The summed E-state index contributed by atoms with van der Waals surface area (Å²) in [5.74, 6) is 0.943. The van der Waals surface area contributed by atoms with Gasteiger partial charge in [-0.1, -0.05) is 39.2 Å². The Morgan fingerprint density at radius 3 is 2.79 bits per heavy atom. The summed E-state index contributed by atoms with van der Waals surface area (Å²) in [6, 6.07) is 12.2. The van der Waals surface area contributed by atoms with Gasteiger partial charge in [0.15, 0.2) is 0 Å². The molecule has 0 saturated heterocycles. The molecule has 6 nitrogen and oxygen atoms in total. The molecule has 1 N–H and O–H groups in total. The second-order valence-electron chi connectivity index (χ2n) is 5.11. The Kier molecular flexibility index (Phi) is 5.05. The molecule has 0 unspecified atom stereocenters. The zero-order chi connectivity index (χ0) is 16.9. The first-order valence-corrected chi connectivity index (χ1v) is 8.03. The van der Waals surface area contributed by atoms with Gasteiger partial charge in [0.2, 0.25) is 5.95 Å². The number of anilines is 1. The largest absolute Gasteiger partial charge is 0.488 e. The first-order valence-electron chi connectivity index (χ1n) is 7.24. The van der Waals surface area contributed by atoms with E-state index in [0.717, 1.165) is 10.0 Å². The quantitative estimate of drug-likeness (QED) is 0.698. The van der Waals surface area contributed by atoms with Crippen LogP contribution in [0.3, 0.4) is 0 Å². The molecule has 0 aliphatic heterocycles. The van der Waals surface area contributed by atoms with E-state index in [2.05, 4.69) is 36.8 Å². The maximum absolute atomic E-state index is 13.7. The number of aromatic nitrogens is 4. The fourth-order valence-corrected chi connectivity index (χ4v) is 2.56. The van der Waals surface area contributed by atoms with Crippen LogP contribution in [-0.4, -0.2) is 20.2 Å². The van der Waals surface area contributed by atoms with E-state index >= 15 is 0 Å². The van der Waals surface area contributed by atoms with Gasteiger partial charge < -0.3 is 10.1 Å². The molecule has 0 bridgehead atoms. The summed E-state index contributed by atoms with van der Waals surface area (Å²) < 4.78 is 22.0. The van der Waals surface area contributed by atoms with Crippen LogP contribution in [0.15, 0.2) is 46.9 Å². The number of hydrogen-bond acceptors (Lipinski definition) is 5. The number of rotatable bonds is 6. The molecule has 0 fully saturated rings. The Bertz CT molecular complexity index is 839. The van der Waals surface area contributed by atoms with E-state index in [9.17, 15) is 4.39 Å². The molecule has 8 heteroatoms. The van der Waals surface area contributed by atoms with Gasteiger partial charge in [0.25, 0.3) is 0 Å². The molecule has 0 aliphatic carbocycles. The van der Waals surface area contributed by atoms with Gasteiger partial charge >= 0.3 is 0 Å². The zero-order valence-corrected chi connectivity index (χ0v) is 14.5. The van der Waals surface area contributed by atoms with Crippen molar-refractivity contribution in [3.8, 4) is 5.75 Å². The average molecular weight is 392 g/mol. The lowest BCUT2D eigenvalue weighted by Crippen LogP contribution is -2.08. The Morgan fingerprint density at radius 2 is 2.04 bits per heavy atom. The summed E-state index contributed by atoms with van der Waals surface area (Å²) in [6.45, 7) is 0.632. The fourth-order valence-electron chi connectivity index (χ4n) is 2.15. The fraction of sp³-hybridized carbons (Fsp3) is 0.188. The Balaban J connectivity index is 1.73. The van der Waals surface area contributed by atoms with Crippen LogP contribution in [0.4, 0.5) is 10.3 Å². The van der Waals surface area contributed by atoms with E-state index in [1.54, 1.807) is 25.2 Å². The van der Waals surface area contributed by atoms with Crippen molar-refractivity contribution in [1.29, 1.82) is 0 Å². The first kappa shape index (κ1) is 16.4. The van der Waals surface area contributed by atoms with Gasteiger partial charge in [-0.15, -0.1) is 0 Å². The molecule has 2 aromatic carbocycles. The molecule has 24 heavy (non-hydrogen) atoms. The minimum absolute atomic E-state index is 0.160. The summed E-state index contributed by atoms with van der Waals surface area (Å²) in [5.41, 5.74) is 1.42. The van der Waals surface area contributed by atoms with Crippen LogP contribution in [-0.2, 0) is 20.2 Å². The molecule has 0 saturated carbocycles. The second-order valence-corrected chi connectivity index (χ2v) is 6.03. The van der Waals surface area contributed by atoms with Crippen LogP contribution in [0.2, 0.25) is 0 Å². The minimum atomic E-state index is -0.278. The lowest BCUT2D eigenvalue weighted by molar-refractivity contribution is 0.297. The van der Waals surface area contributed by atoms with Crippen LogP contribution < -0.4 is 10.1 Å². The zero-order valence-electron chi connectivity index (χ0n) is 12.9.